The average Bonchev–Trinajstić information content (AvgIpc) is 3.43. The van der Waals surface area contributed by atoms with Crippen LogP contribution in [0, 0.1) is 55.4 Å². The first-order valence-corrected chi connectivity index (χ1v) is 12.3. The van der Waals surface area contributed by atoms with Crippen LogP contribution in [0.25, 0.3) is 33.9 Å². The quantitative estimate of drug-likeness (QED) is 0.291. The normalized spacial score (nSPS) is 11.3. The van der Waals surface area contributed by atoms with Crippen LogP contribution >= 0.6 is 0 Å². The molecule has 0 aliphatic heterocycles. The van der Waals surface area contributed by atoms with Crippen molar-refractivity contribution in [2.24, 2.45) is 0 Å². The molecule has 6 nitrogen and oxygen atoms in total. The van der Waals surface area contributed by atoms with Crippen LogP contribution in [-0.4, -0.2) is 30.0 Å². The van der Waals surface area contributed by atoms with Crippen molar-refractivity contribution in [3.8, 4) is 33.9 Å². The van der Waals surface area contributed by atoms with Gasteiger partial charge in [0.15, 0.2) is 0 Å². The van der Waals surface area contributed by atoms with Crippen molar-refractivity contribution < 1.29 is 0 Å². The molecule has 0 aliphatic rings. The van der Waals surface area contributed by atoms with E-state index < -0.39 is 0 Å². The summed E-state index contributed by atoms with van der Waals surface area (Å²) in [5.41, 5.74) is 15.5. The van der Waals surface area contributed by atoms with E-state index in [0.717, 1.165) is 45.0 Å². The van der Waals surface area contributed by atoms with E-state index in [1.165, 1.54) is 33.4 Å². The molecule has 0 amide bonds. The van der Waals surface area contributed by atoms with E-state index >= 15 is 0 Å². The number of aromatic nitrogens is 6. The van der Waals surface area contributed by atoms with Crippen molar-refractivity contribution >= 4 is 0 Å². The van der Waals surface area contributed by atoms with Gasteiger partial charge in [-0.15, -0.1) is 10.2 Å². The zero-order valence-electron chi connectivity index (χ0n) is 22.3. The zero-order valence-corrected chi connectivity index (χ0v) is 22.3. The fourth-order valence-corrected chi connectivity index (χ4v) is 5.46. The Morgan fingerprint density at radius 1 is 0.444 bits per heavy atom. The molecular formula is C30H32N6. The summed E-state index contributed by atoms with van der Waals surface area (Å²) < 4.78 is 3.77. The van der Waals surface area contributed by atoms with Gasteiger partial charge in [0.25, 0.3) is 0 Å². The van der Waals surface area contributed by atoms with Crippen LogP contribution in [0.2, 0.25) is 0 Å². The highest BCUT2D eigenvalue weighted by Gasteiger charge is 2.17. The Morgan fingerprint density at radius 3 is 1.17 bits per heavy atom. The largest absolute Gasteiger partial charge is 0.220 e. The van der Waals surface area contributed by atoms with Gasteiger partial charge in [0.2, 0.25) is 0 Å². The molecule has 0 spiro atoms. The highest BCUT2D eigenvalue weighted by Crippen LogP contribution is 2.32. The Hall–Kier alpha value is -4.06. The summed E-state index contributed by atoms with van der Waals surface area (Å²) >= 11 is 0. The second kappa shape index (κ2) is 8.86. The molecule has 6 heteroatoms. The fraction of sp³-hybridized carbons (Fsp3) is 0.267. The van der Waals surface area contributed by atoms with Crippen molar-refractivity contribution in [1.82, 2.24) is 30.0 Å². The van der Waals surface area contributed by atoms with Crippen molar-refractivity contribution in [3.63, 3.8) is 0 Å². The summed E-state index contributed by atoms with van der Waals surface area (Å²) in [6, 6.07) is 13.1. The lowest BCUT2D eigenvalue weighted by atomic mass is 9.96. The summed E-state index contributed by atoms with van der Waals surface area (Å²) in [5, 5.41) is 18.1. The molecular weight excluding hydrogens is 444 g/mol. The smallest absolute Gasteiger partial charge is 0.113 e. The molecule has 0 saturated heterocycles. The molecule has 2 heterocycles. The zero-order chi connectivity index (χ0) is 25.7. The lowest BCUT2D eigenvalue weighted by Crippen LogP contribution is -2.01. The molecule has 0 saturated carbocycles. The number of rotatable bonds is 4. The fourth-order valence-electron chi connectivity index (χ4n) is 5.46. The minimum Gasteiger partial charge on any atom is -0.220 e. The minimum absolute atomic E-state index is 0.839. The number of benzene rings is 3. The summed E-state index contributed by atoms with van der Waals surface area (Å²) in [7, 11) is 0. The van der Waals surface area contributed by atoms with E-state index in [0.29, 0.717) is 0 Å². The van der Waals surface area contributed by atoms with E-state index in [9.17, 15) is 0 Å². The minimum atomic E-state index is 0.839. The van der Waals surface area contributed by atoms with Gasteiger partial charge in [-0.05, 0) is 94.8 Å². The molecule has 2 aromatic heterocycles. The second-order valence-electron chi connectivity index (χ2n) is 10.1. The number of aryl methyl sites for hydroxylation is 8. The molecule has 0 bridgehead atoms. The van der Waals surface area contributed by atoms with Crippen LogP contribution in [0.1, 0.15) is 44.5 Å². The van der Waals surface area contributed by atoms with Crippen molar-refractivity contribution in [3.05, 3.63) is 93.3 Å². The molecule has 182 valence electrons. The highest BCUT2D eigenvalue weighted by molar-refractivity contribution is 5.74. The summed E-state index contributed by atoms with van der Waals surface area (Å²) in [4.78, 5) is 0. The van der Waals surface area contributed by atoms with Crippen molar-refractivity contribution in [2.45, 2.75) is 55.4 Å². The Morgan fingerprint density at radius 2 is 0.806 bits per heavy atom. The average molecular weight is 477 g/mol. The number of hydrogen-bond acceptors (Lipinski definition) is 4. The molecule has 0 aliphatic carbocycles. The molecule has 0 fully saturated rings. The third kappa shape index (κ3) is 4.13. The van der Waals surface area contributed by atoms with Crippen molar-refractivity contribution in [2.75, 3.05) is 0 Å². The third-order valence-corrected chi connectivity index (χ3v) is 6.84. The Labute approximate surface area is 212 Å². The van der Waals surface area contributed by atoms with Gasteiger partial charge in [-0.25, -0.2) is 9.36 Å². The number of nitrogens with zero attached hydrogens (tertiary/aromatic N) is 6. The first kappa shape index (κ1) is 23.7. The maximum atomic E-state index is 4.55. The predicted octanol–water partition coefficient (Wildman–Crippen LogP) is 6.65. The van der Waals surface area contributed by atoms with Crippen LogP contribution in [-0.2, 0) is 0 Å². The van der Waals surface area contributed by atoms with Gasteiger partial charge in [-0.1, -0.05) is 51.9 Å². The summed E-state index contributed by atoms with van der Waals surface area (Å²) in [6.45, 7) is 16.9. The van der Waals surface area contributed by atoms with Crippen molar-refractivity contribution in [1.29, 1.82) is 0 Å². The van der Waals surface area contributed by atoms with E-state index in [-0.39, 0.29) is 0 Å². The highest BCUT2D eigenvalue weighted by atomic mass is 15.4. The predicted molar refractivity (Wildman–Crippen MR) is 145 cm³/mol. The van der Waals surface area contributed by atoms with Crippen LogP contribution in [0.3, 0.4) is 0 Å². The van der Waals surface area contributed by atoms with Crippen LogP contribution < -0.4 is 0 Å². The number of hydrogen-bond donors (Lipinski definition) is 0. The molecule has 3 aromatic carbocycles. The molecule has 0 radical (unpaired) electrons. The van der Waals surface area contributed by atoms with Crippen LogP contribution in [0.4, 0.5) is 0 Å². The molecule has 5 aromatic rings. The van der Waals surface area contributed by atoms with Gasteiger partial charge < -0.3 is 0 Å². The van der Waals surface area contributed by atoms with Crippen LogP contribution in [0.5, 0.6) is 0 Å². The SMILES string of the molecule is Cc1cc(C)c(-n2cc(-c3cc(-c4cn(-c5c(C)cc(C)cc5C)nn4)c(C)cc3C)nn2)c(C)c1. The molecule has 36 heavy (non-hydrogen) atoms. The van der Waals surface area contributed by atoms with Gasteiger partial charge >= 0.3 is 0 Å². The van der Waals surface area contributed by atoms with E-state index in [1.807, 2.05) is 21.8 Å². The molecule has 0 N–H and O–H groups in total. The topological polar surface area (TPSA) is 61.4 Å². The Kier molecular flexibility index (Phi) is 5.83. The lowest BCUT2D eigenvalue weighted by Gasteiger charge is -2.11. The van der Waals surface area contributed by atoms with Gasteiger partial charge in [0.1, 0.15) is 11.4 Å². The summed E-state index contributed by atoms with van der Waals surface area (Å²) in [5.74, 6) is 0. The van der Waals surface area contributed by atoms with E-state index in [1.54, 1.807) is 0 Å². The molecule has 0 unspecified atom stereocenters. The summed E-state index contributed by atoms with van der Waals surface area (Å²) in [6.07, 6.45) is 4.03. The molecule has 5 rings (SSSR count). The van der Waals surface area contributed by atoms with Gasteiger partial charge in [-0.2, -0.15) is 0 Å². The maximum absolute atomic E-state index is 4.55. The van der Waals surface area contributed by atoms with Gasteiger partial charge in [-0.3, -0.25) is 0 Å². The third-order valence-electron chi connectivity index (χ3n) is 6.84. The van der Waals surface area contributed by atoms with Gasteiger partial charge in [0, 0.05) is 11.1 Å². The Bertz CT molecular complexity index is 1460. The lowest BCUT2D eigenvalue weighted by molar-refractivity contribution is 0.793. The van der Waals surface area contributed by atoms with E-state index in [4.69, 9.17) is 0 Å². The Balaban J connectivity index is 1.56. The second-order valence-corrected chi connectivity index (χ2v) is 10.1. The first-order valence-electron chi connectivity index (χ1n) is 12.3. The maximum Gasteiger partial charge on any atom is 0.113 e. The standard InChI is InChI=1S/C30H32N6/c1-17-9-21(5)29(22(6)10-17)35-15-27(31-33-35)25-14-26(20(4)13-19(25)3)28-16-36(34-32-28)30-23(7)11-18(2)12-24(30)8/h9-16H,1-8H3. The molecule has 0 atom stereocenters. The van der Waals surface area contributed by atoms with Crippen LogP contribution in [0.15, 0.2) is 48.8 Å². The van der Waals surface area contributed by atoms with E-state index in [2.05, 4.69) is 112 Å². The first-order chi connectivity index (χ1) is 17.1. The monoisotopic (exact) mass is 476 g/mol. The van der Waals surface area contributed by atoms with Gasteiger partial charge in [0.05, 0.1) is 23.8 Å².